The Bertz CT molecular complexity index is 564. The third-order valence-corrected chi connectivity index (χ3v) is 4.37. The van der Waals surface area contributed by atoms with Gasteiger partial charge in [-0.2, -0.15) is 4.98 Å². The Morgan fingerprint density at radius 1 is 1.26 bits per heavy atom. The molecule has 0 radical (unpaired) electrons. The first-order chi connectivity index (χ1) is 11.0. The van der Waals surface area contributed by atoms with Crippen molar-refractivity contribution in [3.8, 4) is 0 Å². The number of nitrogens with zero attached hydrogens (tertiary/aromatic N) is 5. The second kappa shape index (κ2) is 6.70. The van der Waals surface area contributed by atoms with Crippen molar-refractivity contribution in [1.82, 2.24) is 14.9 Å². The van der Waals surface area contributed by atoms with Gasteiger partial charge in [0.05, 0.1) is 0 Å². The Morgan fingerprint density at radius 3 is 2.61 bits per heavy atom. The summed E-state index contributed by atoms with van der Waals surface area (Å²) in [6.45, 7) is 5.61. The van der Waals surface area contributed by atoms with Crippen molar-refractivity contribution >= 4 is 17.7 Å². The number of hydrogen-bond donors (Lipinski definition) is 0. The van der Waals surface area contributed by atoms with Crippen molar-refractivity contribution in [1.29, 1.82) is 0 Å². The summed E-state index contributed by atoms with van der Waals surface area (Å²) in [6, 6.07) is 1.97. The Morgan fingerprint density at radius 2 is 2.00 bits per heavy atom. The highest BCUT2D eigenvalue weighted by molar-refractivity contribution is 5.81. The Labute approximate surface area is 137 Å². The van der Waals surface area contributed by atoms with E-state index in [0.717, 1.165) is 43.4 Å². The van der Waals surface area contributed by atoms with Crippen LogP contribution in [0.3, 0.4) is 0 Å². The van der Waals surface area contributed by atoms with Gasteiger partial charge in [0.1, 0.15) is 11.9 Å². The van der Waals surface area contributed by atoms with Gasteiger partial charge in [-0.15, -0.1) is 0 Å². The Kier molecular flexibility index (Phi) is 4.66. The molecule has 0 spiro atoms. The highest BCUT2D eigenvalue weighted by Crippen LogP contribution is 2.19. The van der Waals surface area contributed by atoms with Crippen molar-refractivity contribution in [2.75, 3.05) is 56.7 Å². The molecule has 3 heterocycles. The normalized spacial score (nSPS) is 21.6. The van der Waals surface area contributed by atoms with Crippen LogP contribution >= 0.6 is 0 Å². The predicted molar refractivity (Wildman–Crippen MR) is 88.9 cm³/mol. The molecule has 0 aromatic carbocycles. The van der Waals surface area contributed by atoms with Crippen LogP contribution in [0.15, 0.2) is 6.07 Å². The van der Waals surface area contributed by atoms with Crippen LogP contribution < -0.4 is 9.80 Å². The predicted octanol–water partition coefficient (Wildman–Crippen LogP) is 0.679. The molecule has 126 valence electrons. The van der Waals surface area contributed by atoms with Crippen LogP contribution in [0.2, 0.25) is 0 Å². The van der Waals surface area contributed by atoms with E-state index >= 15 is 0 Å². The molecule has 2 fully saturated rings. The zero-order chi connectivity index (χ0) is 16.4. The van der Waals surface area contributed by atoms with Gasteiger partial charge in [0.2, 0.25) is 5.95 Å². The fourth-order valence-corrected chi connectivity index (χ4v) is 3.01. The van der Waals surface area contributed by atoms with Crippen LogP contribution in [0.1, 0.15) is 18.5 Å². The van der Waals surface area contributed by atoms with Crippen molar-refractivity contribution in [3.63, 3.8) is 0 Å². The molecular formula is C16H25N5O2. The van der Waals surface area contributed by atoms with Gasteiger partial charge in [-0.25, -0.2) is 4.98 Å². The highest BCUT2D eigenvalue weighted by atomic mass is 16.5. The summed E-state index contributed by atoms with van der Waals surface area (Å²) in [7, 11) is 3.95. The number of carbonyl (C=O) groups excluding carboxylic acids is 1. The molecule has 1 atom stereocenters. The second-order valence-electron chi connectivity index (χ2n) is 6.38. The minimum atomic E-state index is -0.225. The number of aryl methyl sites for hydroxylation is 1. The van der Waals surface area contributed by atoms with Crippen molar-refractivity contribution in [2.24, 2.45) is 0 Å². The average molecular weight is 319 g/mol. The molecule has 1 unspecified atom stereocenters. The van der Waals surface area contributed by atoms with Gasteiger partial charge in [-0.1, -0.05) is 0 Å². The van der Waals surface area contributed by atoms with Crippen molar-refractivity contribution < 1.29 is 9.53 Å². The lowest BCUT2D eigenvalue weighted by atomic mass is 10.2. The van der Waals surface area contributed by atoms with Crippen LogP contribution in [0.25, 0.3) is 0 Å². The summed E-state index contributed by atoms with van der Waals surface area (Å²) >= 11 is 0. The quantitative estimate of drug-likeness (QED) is 0.816. The Balaban J connectivity index is 1.63. The molecule has 1 amide bonds. The maximum atomic E-state index is 12.4. The van der Waals surface area contributed by atoms with Gasteiger partial charge in [0.25, 0.3) is 5.91 Å². The number of rotatable bonds is 3. The van der Waals surface area contributed by atoms with Crippen LogP contribution in [-0.2, 0) is 9.53 Å². The number of amides is 1. The lowest BCUT2D eigenvalue weighted by molar-refractivity contribution is -0.141. The molecule has 2 aliphatic heterocycles. The van der Waals surface area contributed by atoms with Crippen LogP contribution in [-0.4, -0.2) is 73.8 Å². The minimum Gasteiger partial charge on any atom is -0.368 e. The van der Waals surface area contributed by atoms with Crippen molar-refractivity contribution in [3.05, 3.63) is 11.8 Å². The Hall–Kier alpha value is -1.89. The summed E-state index contributed by atoms with van der Waals surface area (Å²) in [5, 5.41) is 0. The SMILES string of the molecule is Cc1cc(N(C)C)nc(N2CCN(C(=O)C3CCCO3)CC2)n1. The minimum absolute atomic E-state index is 0.140. The van der Waals surface area contributed by atoms with Crippen LogP contribution in [0.5, 0.6) is 0 Å². The third kappa shape index (κ3) is 3.55. The van der Waals surface area contributed by atoms with E-state index in [1.54, 1.807) is 0 Å². The summed E-state index contributed by atoms with van der Waals surface area (Å²) in [5.41, 5.74) is 0.955. The third-order valence-electron chi connectivity index (χ3n) is 4.37. The number of aromatic nitrogens is 2. The van der Waals surface area contributed by atoms with Gasteiger partial charge in [0, 0.05) is 58.6 Å². The lowest BCUT2D eigenvalue weighted by Gasteiger charge is -2.36. The second-order valence-corrected chi connectivity index (χ2v) is 6.38. The molecule has 7 heteroatoms. The van der Waals surface area contributed by atoms with Gasteiger partial charge in [0.15, 0.2) is 0 Å². The maximum Gasteiger partial charge on any atom is 0.251 e. The first kappa shape index (κ1) is 16.0. The average Bonchev–Trinajstić information content (AvgIpc) is 3.08. The molecule has 23 heavy (non-hydrogen) atoms. The van der Waals surface area contributed by atoms with Gasteiger partial charge >= 0.3 is 0 Å². The molecule has 0 saturated carbocycles. The summed E-state index contributed by atoms with van der Waals surface area (Å²) in [4.78, 5) is 27.6. The van der Waals surface area contributed by atoms with Crippen LogP contribution in [0, 0.1) is 6.92 Å². The van der Waals surface area contributed by atoms with E-state index in [2.05, 4.69) is 14.9 Å². The fourth-order valence-electron chi connectivity index (χ4n) is 3.01. The van der Waals surface area contributed by atoms with E-state index in [-0.39, 0.29) is 12.0 Å². The molecule has 1 aromatic heterocycles. The smallest absolute Gasteiger partial charge is 0.251 e. The molecule has 0 bridgehead atoms. The van der Waals surface area contributed by atoms with E-state index in [1.165, 1.54) is 0 Å². The van der Waals surface area contributed by atoms with E-state index in [1.807, 2.05) is 36.9 Å². The summed E-state index contributed by atoms with van der Waals surface area (Å²) in [5.74, 6) is 1.80. The summed E-state index contributed by atoms with van der Waals surface area (Å²) < 4.78 is 5.50. The lowest BCUT2D eigenvalue weighted by Crippen LogP contribution is -2.51. The standard InChI is InChI=1S/C16H25N5O2/c1-12-11-14(19(2)3)18-16(17-12)21-8-6-20(7-9-21)15(22)13-5-4-10-23-13/h11,13H,4-10H2,1-3H3. The first-order valence-corrected chi connectivity index (χ1v) is 8.23. The number of piperazine rings is 1. The molecule has 1 aromatic rings. The van der Waals surface area contributed by atoms with E-state index in [4.69, 9.17) is 4.74 Å². The van der Waals surface area contributed by atoms with E-state index < -0.39 is 0 Å². The fraction of sp³-hybridized carbons (Fsp3) is 0.688. The molecule has 7 nitrogen and oxygen atoms in total. The number of hydrogen-bond acceptors (Lipinski definition) is 6. The topological polar surface area (TPSA) is 61.8 Å². The zero-order valence-electron chi connectivity index (χ0n) is 14.2. The monoisotopic (exact) mass is 319 g/mol. The maximum absolute atomic E-state index is 12.4. The zero-order valence-corrected chi connectivity index (χ0v) is 14.2. The number of anilines is 2. The van der Waals surface area contributed by atoms with Gasteiger partial charge < -0.3 is 19.4 Å². The first-order valence-electron chi connectivity index (χ1n) is 8.23. The van der Waals surface area contributed by atoms with Gasteiger partial charge in [-0.3, -0.25) is 4.79 Å². The number of carbonyl (C=O) groups is 1. The molecule has 0 aliphatic carbocycles. The molecule has 2 saturated heterocycles. The molecular weight excluding hydrogens is 294 g/mol. The number of ether oxygens (including phenoxy) is 1. The molecule has 2 aliphatic rings. The molecule has 0 N–H and O–H groups in total. The van der Waals surface area contributed by atoms with Gasteiger partial charge in [-0.05, 0) is 19.8 Å². The van der Waals surface area contributed by atoms with Crippen molar-refractivity contribution in [2.45, 2.75) is 25.9 Å². The molecule has 3 rings (SSSR count). The highest BCUT2D eigenvalue weighted by Gasteiger charge is 2.30. The van der Waals surface area contributed by atoms with E-state index in [0.29, 0.717) is 19.7 Å². The largest absolute Gasteiger partial charge is 0.368 e. The van der Waals surface area contributed by atoms with E-state index in [9.17, 15) is 4.79 Å². The van der Waals surface area contributed by atoms with Crippen LogP contribution in [0.4, 0.5) is 11.8 Å². The summed E-state index contributed by atoms with van der Waals surface area (Å²) in [6.07, 6.45) is 1.62.